The predicted octanol–water partition coefficient (Wildman–Crippen LogP) is 3.20. The number of anilines is 1. The molecule has 20 heavy (non-hydrogen) atoms. The van der Waals surface area contributed by atoms with Gasteiger partial charge in [-0.1, -0.05) is 32.9 Å². The highest BCUT2D eigenvalue weighted by atomic mass is 16.4. The summed E-state index contributed by atoms with van der Waals surface area (Å²) in [4.78, 5) is 24.9. The minimum absolute atomic E-state index is 0.0204. The van der Waals surface area contributed by atoms with Gasteiger partial charge in [-0.3, -0.25) is 0 Å². The van der Waals surface area contributed by atoms with Crippen LogP contribution in [0.1, 0.15) is 36.7 Å². The largest absolute Gasteiger partial charge is 0.478 e. The topological polar surface area (TPSA) is 69.6 Å². The van der Waals surface area contributed by atoms with Gasteiger partial charge in [-0.25, -0.2) is 9.59 Å². The fraction of sp³-hybridized carbons (Fsp3) is 0.467. The zero-order chi connectivity index (χ0) is 15.5. The van der Waals surface area contributed by atoms with Crippen molar-refractivity contribution in [3.05, 3.63) is 29.3 Å². The van der Waals surface area contributed by atoms with E-state index in [1.54, 1.807) is 31.0 Å². The Hall–Kier alpha value is -2.04. The van der Waals surface area contributed by atoms with Gasteiger partial charge in [0.1, 0.15) is 0 Å². The zero-order valence-electron chi connectivity index (χ0n) is 12.7. The molecule has 2 N–H and O–H groups in total. The Labute approximate surface area is 119 Å². The first kappa shape index (κ1) is 16.0. The molecule has 0 fully saturated rings. The molecule has 110 valence electrons. The molecule has 0 spiro atoms. The molecule has 1 aromatic carbocycles. The number of urea groups is 1. The SMILES string of the molecule is Cc1cccc(C(=O)O)c1NC(=O)N(C)CC(C)(C)C. The van der Waals surface area contributed by atoms with E-state index < -0.39 is 5.97 Å². The Bertz CT molecular complexity index is 518. The summed E-state index contributed by atoms with van der Waals surface area (Å²) in [6.45, 7) is 8.45. The Balaban J connectivity index is 2.94. The number of benzene rings is 1. The molecule has 0 unspecified atom stereocenters. The van der Waals surface area contributed by atoms with Gasteiger partial charge in [0.2, 0.25) is 0 Å². The molecule has 5 heteroatoms. The average molecular weight is 278 g/mol. The molecule has 0 saturated heterocycles. The summed E-state index contributed by atoms with van der Waals surface area (Å²) in [6.07, 6.45) is 0. The lowest BCUT2D eigenvalue weighted by molar-refractivity contribution is 0.0698. The van der Waals surface area contributed by atoms with Crippen molar-refractivity contribution >= 4 is 17.7 Å². The molecule has 0 bridgehead atoms. The number of hydrogen-bond acceptors (Lipinski definition) is 2. The van der Waals surface area contributed by atoms with Crippen LogP contribution in [-0.4, -0.2) is 35.6 Å². The van der Waals surface area contributed by atoms with Crippen LogP contribution in [0.5, 0.6) is 0 Å². The minimum Gasteiger partial charge on any atom is -0.478 e. The normalized spacial score (nSPS) is 11.1. The van der Waals surface area contributed by atoms with E-state index in [0.717, 1.165) is 5.56 Å². The van der Waals surface area contributed by atoms with Gasteiger partial charge < -0.3 is 15.3 Å². The third kappa shape index (κ3) is 4.26. The second kappa shape index (κ2) is 5.94. The van der Waals surface area contributed by atoms with Crippen LogP contribution in [0.25, 0.3) is 0 Å². The highest BCUT2D eigenvalue weighted by molar-refractivity contribution is 6.00. The maximum absolute atomic E-state index is 12.1. The molecule has 2 amide bonds. The smallest absolute Gasteiger partial charge is 0.337 e. The molecule has 0 saturated carbocycles. The highest BCUT2D eigenvalue weighted by Crippen LogP contribution is 2.21. The van der Waals surface area contributed by atoms with Gasteiger partial charge in [0.15, 0.2) is 0 Å². The molecule has 0 heterocycles. The fourth-order valence-electron chi connectivity index (χ4n) is 2.00. The van der Waals surface area contributed by atoms with Gasteiger partial charge in [0.05, 0.1) is 11.3 Å². The summed E-state index contributed by atoms with van der Waals surface area (Å²) in [7, 11) is 1.69. The molecular formula is C15H22N2O3. The van der Waals surface area contributed by atoms with Crippen LogP contribution in [0.3, 0.4) is 0 Å². The number of aryl methyl sites for hydroxylation is 1. The molecule has 0 aliphatic heterocycles. The maximum atomic E-state index is 12.1. The van der Waals surface area contributed by atoms with Gasteiger partial charge in [-0.2, -0.15) is 0 Å². The van der Waals surface area contributed by atoms with E-state index in [0.29, 0.717) is 12.2 Å². The number of hydrogen-bond donors (Lipinski definition) is 2. The van der Waals surface area contributed by atoms with Gasteiger partial charge in [0.25, 0.3) is 0 Å². The summed E-state index contributed by atoms with van der Waals surface area (Å²) in [5, 5.41) is 11.9. The van der Waals surface area contributed by atoms with Crippen molar-refractivity contribution in [3.63, 3.8) is 0 Å². The number of amides is 2. The van der Waals surface area contributed by atoms with E-state index in [1.807, 2.05) is 20.8 Å². The van der Waals surface area contributed by atoms with E-state index in [1.165, 1.54) is 6.07 Å². The molecule has 0 aromatic heterocycles. The molecule has 1 rings (SSSR count). The van der Waals surface area contributed by atoms with Crippen LogP contribution in [0.4, 0.5) is 10.5 Å². The van der Waals surface area contributed by atoms with E-state index in [9.17, 15) is 9.59 Å². The molecule has 0 atom stereocenters. The quantitative estimate of drug-likeness (QED) is 0.892. The number of rotatable bonds is 3. The summed E-state index contributed by atoms with van der Waals surface area (Å²) in [6, 6.07) is 4.60. The van der Waals surface area contributed by atoms with E-state index in [4.69, 9.17) is 5.11 Å². The molecule has 5 nitrogen and oxygen atoms in total. The number of para-hydroxylation sites is 1. The van der Waals surface area contributed by atoms with Crippen molar-refractivity contribution in [1.82, 2.24) is 4.90 Å². The maximum Gasteiger partial charge on any atom is 0.337 e. The fourth-order valence-corrected chi connectivity index (χ4v) is 2.00. The molecule has 0 aliphatic carbocycles. The summed E-state index contributed by atoms with van der Waals surface area (Å²) in [5.74, 6) is -1.05. The summed E-state index contributed by atoms with van der Waals surface area (Å²) in [5.41, 5.74) is 1.16. The monoisotopic (exact) mass is 278 g/mol. The predicted molar refractivity (Wildman–Crippen MR) is 79.2 cm³/mol. The third-order valence-electron chi connectivity index (χ3n) is 2.79. The van der Waals surface area contributed by atoms with Gasteiger partial charge in [-0.15, -0.1) is 0 Å². The van der Waals surface area contributed by atoms with Crippen molar-refractivity contribution in [1.29, 1.82) is 0 Å². The Morgan fingerprint density at radius 1 is 1.30 bits per heavy atom. The van der Waals surface area contributed by atoms with E-state index >= 15 is 0 Å². The minimum atomic E-state index is -1.05. The zero-order valence-corrected chi connectivity index (χ0v) is 12.7. The first-order valence-electron chi connectivity index (χ1n) is 6.47. The van der Waals surface area contributed by atoms with Crippen LogP contribution >= 0.6 is 0 Å². The van der Waals surface area contributed by atoms with Gasteiger partial charge >= 0.3 is 12.0 Å². The second-order valence-corrected chi connectivity index (χ2v) is 6.15. The van der Waals surface area contributed by atoms with Crippen LogP contribution in [0.2, 0.25) is 0 Å². The lowest BCUT2D eigenvalue weighted by Gasteiger charge is -2.27. The Morgan fingerprint density at radius 3 is 2.40 bits per heavy atom. The molecular weight excluding hydrogens is 256 g/mol. The number of aromatic carboxylic acids is 1. The van der Waals surface area contributed by atoms with E-state index in [-0.39, 0.29) is 17.0 Å². The highest BCUT2D eigenvalue weighted by Gasteiger charge is 2.20. The van der Waals surface area contributed by atoms with Crippen molar-refractivity contribution in [2.24, 2.45) is 5.41 Å². The van der Waals surface area contributed by atoms with Crippen molar-refractivity contribution in [2.75, 3.05) is 18.9 Å². The van der Waals surface area contributed by atoms with Crippen LogP contribution in [0, 0.1) is 12.3 Å². The number of nitrogens with zero attached hydrogens (tertiary/aromatic N) is 1. The number of carbonyl (C=O) groups excluding carboxylic acids is 1. The lowest BCUT2D eigenvalue weighted by atomic mass is 9.96. The Kier molecular flexibility index (Phi) is 4.76. The van der Waals surface area contributed by atoms with Crippen LogP contribution in [-0.2, 0) is 0 Å². The van der Waals surface area contributed by atoms with E-state index in [2.05, 4.69) is 5.32 Å². The lowest BCUT2D eigenvalue weighted by Crippen LogP contribution is -2.37. The first-order valence-corrected chi connectivity index (χ1v) is 6.47. The Morgan fingerprint density at radius 2 is 1.90 bits per heavy atom. The number of carbonyl (C=O) groups is 2. The average Bonchev–Trinajstić information content (AvgIpc) is 2.28. The van der Waals surface area contributed by atoms with Gasteiger partial charge in [0, 0.05) is 13.6 Å². The second-order valence-electron chi connectivity index (χ2n) is 6.15. The first-order chi connectivity index (χ1) is 9.11. The molecule has 1 aromatic rings. The van der Waals surface area contributed by atoms with Crippen molar-refractivity contribution < 1.29 is 14.7 Å². The number of carboxylic acids is 1. The number of carboxylic acid groups (broad SMARTS) is 1. The van der Waals surface area contributed by atoms with Crippen LogP contribution in [0.15, 0.2) is 18.2 Å². The van der Waals surface area contributed by atoms with Gasteiger partial charge in [-0.05, 0) is 24.0 Å². The third-order valence-corrected chi connectivity index (χ3v) is 2.79. The van der Waals surface area contributed by atoms with Crippen molar-refractivity contribution in [2.45, 2.75) is 27.7 Å². The van der Waals surface area contributed by atoms with Crippen molar-refractivity contribution in [3.8, 4) is 0 Å². The number of nitrogens with one attached hydrogen (secondary N) is 1. The summed E-state index contributed by atoms with van der Waals surface area (Å²) < 4.78 is 0. The standard InChI is InChI=1S/C15H22N2O3/c1-10-7-6-8-11(13(18)19)12(10)16-14(20)17(5)9-15(2,3)4/h6-8H,9H2,1-5H3,(H,16,20)(H,18,19). The molecule has 0 radical (unpaired) electrons. The van der Waals surface area contributed by atoms with Crippen LogP contribution < -0.4 is 5.32 Å². The molecule has 0 aliphatic rings. The summed E-state index contributed by atoms with van der Waals surface area (Å²) >= 11 is 0.